The van der Waals surface area contributed by atoms with E-state index >= 15 is 0 Å². The van der Waals surface area contributed by atoms with Crippen molar-refractivity contribution in [2.45, 2.75) is 13.0 Å². The van der Waals surface area contributed by atoms with Crippen molar-refractivity contribution < 1.29 is 4.79 Å². The molecule has 2 aromatic carbocycles. The highest BCUT2D eigenvalue weighted by molar-refractivity contribution is 9.10. The summed E-state index contributed by atoms with van der Waals surface area (Å²) in [5, 5.41) is 3.60. The minimum absolute atomic E-state index is 0.107. The number of nitrogens with two attached hydrogens (primary N) is 1. The first-order valence-corrected chi connectivity index (χ1v) is 7.26. The van der Waals surface area contributed by atoms with E-state index in [0.29, 0.717) is 16.3 Å². The van der Waals surface area contributed by atoms with Gasteiger partial charge in [-0.2, -0.15) is 0 Å². The summed E-state index contributed by atoms with van der Waals surface area (Å²) in [7, 11) is 0. The summed E-state index contributed by atoms with van der Waals surface area (Å²) in [5.74, 6) is -0.161. The third-order valence-electron chi connectivity index (χ3n) is 2.98. The Morgan fingerprint density at radius 3 is 2.50 bits per heavy atom. The van der Waals surface area contributed by atoms with Crippen LogP contribution in [0.4, 0.5) is 5.69 Å². The third kappa shape index (κ3) is 3.52. The molecule has 0 saturated carbocycles. The molecule has 104 valence electrons. The van der Waals surface area contributed by atoms with E-state index in [4.69, 9.17) is 17.3 Å². The van der Waals surface area contributed by atoms with E-state index < -0.39 is 0 Å². The third-order valence-corrected chi connectivity index (χ3v) is 3.95. The molecule has 3 N–H and O–H groups in total. The molecule has 0 fully saturated rings. The summed E-state index contributed by atoms with van der Waals surface area (Å²) in [6.45, 7) is 1.92. The van der Waals surface area contributed by atoms with Crippen molar-refractivity contribution in [3.05, 3.63) is 63.1 Å². The van der Waals surface area contributed by atoms with Crippen LogP contribution in [0.1, 0.15) is 28.9 Å². The van der Waals surface area contributed by atoms with Crippen LogP contribution in [0.25, 0.3) is 0 Å². The van der Waals surface area contributed by atoms with Crippen LogP contribution in [0, 0.1) is 0 Å². The topological polar surface area (TPSA) is 55.1 Å². The van der Waals surface area contributed by atoms with E-state index in [9.17, 15) is 4.79 Å². The van der Waals surface area contributed by atoms with Crippen molar-refractivity contribution in [1.82, 2.24) is 5.32 Å². The smallest absolute Gasteiger partial charge is 0.251 e. The monoisotopic (exact) mass is 352 g/mol. The summed E-state index contributed by atoms with van der Waals surface area (Å²) in [4.78, 5) is 12.2. The molecule has 2 rings (SSSR count). The Balaban J connectivity index is 2.10. The van der Waals surface area contributed by atoms with E-state index in [1.54, 1.807) is 30.3 Å². The second-order valence-electron chi connectivity index (χ2n) is 4.48. The molecule has 20 heavy (non-hydrogen) atoms. The second kappa shape index (κ2) is 6.29. The summed E-state index contributed by atoms with van der Waals surface area (Å²) in [6, 6.07) is 12.4. The number of nitrogens with one attached hydrogen (secondary N) is 1. The fraction of sp³-hybridized carbons (Fsp3) is 0.133. The van der Waals surface area contributed by atoms with Gasteiger partial charge in [0, 0.05) is 20.7 Å². The van der Waals surface area contributed by atoms with Crippen LogP contribution < -0.4 is 11.1 Å². The Morgan fingerprint density at radius 1 is 1.25 bits per heavy atom. The lowest BCUT2D eigenvalue weighted by Crippen LogP contribution is -2.26. The van der Waals surface area contributed by atoms with Crippen molar-refractivity contribution in [3.63, 3.8) is 0 Å². The number of hydrogen-bond donors (Lipinski definition) is 2. The standard InChI is InChI=1S/C15H14BrClN2O/c1-9(10-2-5-12(17)6-3-10)19-15(20)11-4-7-13(16)14(18)8-11/h2-9H,18H2,1H3,(H,19,20)/t9-/m1/s1. The lowest BCUT2D eigenvalue weighted by Gasteiger charge is -2.15. The van der Waals surface area contributed by atoms with E-state index in [0.717, 1.165) is 10.0 Å². The molecule has 0 aliphatic carbocycles. The zero-order valence-electron chi connectivity index (χ0n) is 10.9. The molecule has 1 atom stereocenters. The largest absolute Gasteiger partial charge is 0.398 e. The molecular weight excluding hydrogens is 340 g/mol. The van der Waals surface area contributed by atoms with Gasteiger partial charge in [-0.15, -0.1) is 0 Å². The molecule has 0 aliphatic heterocycles. The number of rotatable bonds is 3. The molecule has 0 saturated heterocycles. The Morgan fingerprint density at radius 2 is 1.90 bits per heavy atom. The minimum atomic E-state index is -0.161. The van der Waals surface area contributed by atoms with Crippen LogP contribution in [-0.4, -0.2) is 5.91 Å². The fourth-order valence-electron chi connectivity index (χ4n) is 1.80. The van der Waals surface area contributed by atoms with Gasteiger partial charge in [-0.3, -0.25) is 4.79 Å². The summed E-state index contributed by atoms with van der Waals surface area (Å²) in [5.41, 5.74) is 7.84. The molecule has 3 nitrogen and oxygen atoms in total. The zero-order chi connectivity index (χ0) is 14.7. The van der Waals surface area contributed by atoms with Gasteiger partial charge in [0.25, 0.3) is 5.91 Å². The molecule has 2 aromatic rings. The van der Waals surface area contributed by atoms with E-state index in [1.165, 1.54) is 0 Å². The van der Waals surface area contributed by atoms with Gasteiger partial charge in [-0.1, -0.05) is 23.7 Å². The van der Waals surface area contributed by atoms with Gasteiger partial charge in [0.05, 0.1) is 6.04 Å². The Labute approximate surface area is 131 Å². The minimum Gasteiger partial charge on any atom is -0.398 e. The molecule has 0 bridgehead atoms. The highest BCUT2D eigenvalue weighted by Gasteiger charge is 2.12. The number of carbonyl (C=O) groups is 1. The van der Waals surface area contributed by atoms with E-state index in [2.05, 4.69) is 21.2 Å². The van der Waals surface area contributed by atoms with Crippen molar-refractivity contribution in [3.8, 4) is 0 Å². The fourth-order valence-corrected chi connectivity index (χ4v) is 2.17. The van der Waals surface area contributed by atoms with Crippen molar-refractivity contribution in [1.29, 1.82) is 0 Å². The highest BCUT2D eigenvalue weighted by atomic mass is 79.9. The predicted octanol–water partition coefficient (Wildman–Crippen LogP) is 4.18. The lowest BCUT2D eigenvalue weighted by atomic mass is 10.1. The van der Waals surface area contributed by atoms with Gasteiger partial charge < -0.3 is 11.1 Å². The maximum absolute atomic E-state index is 12.2. The number of amides is 1. The summed E-state index contributed by atoms with van der Waals surface area (Å²) < 4.78 is 0.778. The van der Waals surface area contributed by atoms with Crippen LogP contribution in [0.3, 0.4) is 0 Å². The number of carbonyl (C=O) groups excluding carboxylic acids is 1. The Kier molecular flexibility index (Phi) is 4.68. The van der Waals surface area contributed by atoms with Gasteiger partial charge in [-0.25, -0.2) is 0 Å². The maximum atomic E-state index is 12.2. The quantitative estimate of drug-likeness (QED) is 0.813. The molecular formula is C15H14BrClN2O. The Hall–Kier alpha value is -1.52. The molecule has 5 heteroatoms. The highest BCUT2D eigenvalue weighted by Crippen LogP contribution is 2.21. The van der Waals surface area contributed by atoms with Crippen molar-refractivity contribution in [2.24, 2.45) is 0 Å². The Bertz CT molecular complexity index is 628. The average molecular weight is 354 g/mol. The van der Waals surface area contributed by atoms with Gasteiger partial charge in [0.2, 0.25) is 0 Å². The molecule has 0 unspecified atom stereocenters. The lowest BCUT2D eigenvalue weighted by molar-refractivity contribution is 0.0940. The number of halogens is 2. The number of nitrogen functional groups attached to an aromatic ring is 1. The summed E-state index contributed by atoms with van der Waals surface area (Å²) in [6.07, 6.45) is 0. The van der Waals surface area contributed by atoms with Gasteiger partial charge >= 0.3 is 0 Å². The van der Waals surface area contributed by atoms with Crippen molar-refractivity contribution >= 4 is 39.1 Å². The molecule has 0 aromatic heterocycles. The number of hydrogen-bond acceptors (Lipinski definition) is 2. The van der Waals surface area contributed by atoms with Crippen LogP contribution in [0.2, 0.25) is 5.02 Å². The molecule has 0 radical (unpaired) electrons. The normalized spacial score (nSPS) is 11.9. The zero-order valence-corrected chi connectivity index (χ0v) is 13.2. The number of benzene rings is 2. The van der Waals surface area contributed by atoms with E-state index in [-0.39, 0.29) is 11.9 Å². The van der Waals surface area contributed by atoms with Gasteiger partial charge in [0.1, 0.15) is 0 Å². The van der Waals surface area contributed by atoms with E-state index in [1.807, 2.05) is 19.1 Å². The first-order valence-electron chi connectivity index (χ1n) is 6.08. The van der Waals surface area contributed by atoms with Crippen LogP contribution in [-0.2, 0) is 0 Å². The number of anilines is 1. The van der Waals surface area contributed by atoms with Crippen molar-refractivity contribution in [2.75, 3.05) is 5.73 Å². The first-order chi connectivity index (χ1) is 9.47. The molecule has 0 aliphatic rings. The average Bonchev–Trinajstić information content (AvgIpc) is 2.42. The predicted molar refractivity (Wildman–Crippen MR) is 85.9 cm³/mol. The van der Waals surface area contributed by atoms with Crippen LogP contribution in [0.15, 0.2) is 46.9 Å². The molecule has 0 heterocycles. The summed E-state index contributed by atoms with van der Waals surface area (Å²) >= 11 is 9.15. The van der Waals surface area contributed by atoms with Gasteiger partial charge in [-0.05, 0) is 58.7 Å². The van der Waals surface area contributed by atoms with Crippen LogP contribution >= 0.6 is 27.5 Å². The second-order valence-corrected chi connectivity index (χ2v) is 5.77. The maximum Gasteiger partial charge on any atom is 0.251 e. The molecule has 0 spiro atoms. The SMILES string of the molecule is C[C@@H](NC(=O)c1ccc(Br)c(N)c1)c1ccc(Cl)cc1. The first kappa shape index (κ1) is 14.9. The van der Waals surface area contributed by atoms with Gasteiger partial charge in [0.15, 0.2) is 0 Å². The molecule has 1 amide bonds. The van der Waals surface area contributed by atoms with Crippen LogP contribution in [0.5, 0.6) is 0 Å².